The van der Waals surface area contributed by atoms with Crippen molar-refractivity contribution >= 4 is 11.6 Å². The van der Waals surface area contributed by atoms with Crippen LogP contribution in [-0.2, 0) is 6.54 Å². The number of aryl methyl sites for hydroxylation is 2. The second-order valence-electron chi connectivity index (χ2n) is 6.68. The maximum absolute atomic E-state index is 5.94. The molecule has 3 rings (SSSR count). The molecule has 0 aliphatic heterocycles. The molecule has 1 atom stereocenters. The van der Waals surface area contributed by atoms with Crippen LogP contribution in [0.4, 0.5) is 0 Å². The van der Waals surface area contributed by atoms with Crippen molar-refractivity contribution in [2.45, 2.75) is 33.4 Å². The van der Waals surface area contributed by atoms with Crippen molar-refractivity contribution in [1.29, 1.82) is 0 Å². The molecule has 2 heterocycles. The molecule has 0 amide bonds. The van der Waals surface area contributed by atoms with Gasteiger partial charge in [-0.05, 0) is 50.6 Å². The van der Waals surface area contributed by atoms with Crippen LogP contribution >= 0.6 is 0 Å². The Labute approximate surface area is 160 Å². The number of hydrogen-bond donors (Lipinski definition) is 2. The van der Waals surface area contributed by atoms with Crippen LogP contribution < -0.4 is 15.4 Å². The lowest BCUT2D eigenvalue weighted by atomic mass is 10.2. The lowest BCUT2D eigenvalue weighted by Gasteiger charge is -2.17. The van der Waals surface area contributed by atoms with Gasteiger partial charge >= 0.3 is 0 Å². The van der Waals surface area contributed by atoms with E-state index in [1.807, 2.05) is 37.3 Å². The topological polar surface area (TPSA) is 63.0 Å². The number of benzene rings is 1. The Morgan fingerprint density at radius 2 is 2.00 bits per heavy atom. The number of nitrogens with zero attached hydrogens (tertiary/aromatic N) is 3. The first-order valence-corrected chi connectivity index (χ1v) is 9.16. The van der Waals surface area contributed by atoms with Gasteiger partial charge in [0.05, 0.1) is 18.8 Å². The first kappa shape index (κ1) is 18.8. The first-order chi connectivity index (χ1) is 13.0. The fourth-order valence-electron chi connectivity index (χ4n) is 2.88. The smallest absolute Gasteiger partial charge is 0.191 e. The Kier molecular flexibility index (Phi) is 5.96. The highest BCUT2D eigenvalue weighted by Gasteiger charge is 2.07. The standard InChI is InChI=1S/C21H27N5O/c1-15-7-5-9-19(11-15)27-17(3)12-23-21(22-4)24-13-18-14-26-16(2)8-6-10-20(26)25-18/h5-11,14,17H,12-13H2,1-4H3,(H2,22,23,24). The van der Waals surface area contributed by atoms with Crippen LogP contribution in [0.3, 0.4) is 0 Å². The maximum atomic E-state index is 5.94. The molecule has 0 saturated carbocycles. The number of guanidine groups is 1. The van der Waals surface area contributed by atoms with Crippen LogP contribution in [0, 0.1) is 13.8 Å². The second-order valence-corrected chi connectivity index (χ2v) is 6.68. The van der Waals surface area contributed by atoms with E-state index < -0.39 is 0 Å². The number of nitrogens with one attached hydrogen (secondary N) is 2. The fourth-order valence-corrected chi connectivity index (χ4v) is 2.88. The molecular weight excluding hydrogens is 338 g/mol. The Bertz CT molecular complexity index is 931. The summed E-state index contributed by atoms with van der Waals surface area (Å²) in [6.07, 6.45) is 2.07. The highest BCUT2D eigenvalue weighted by Crippen LogP contribution is 2.14. The molecule has 1 unspecified atom stereocenters. The fraction of sp³-hybridized carbons (Fsp3) is 0.333. The first-order valence-electron chi connectivity index (χ1n) is 9.16. The van der Waals surface area contributed by atoms with Crippen molar-refractivity contribution < 1.29 is 4.74 Å². The van der Waals surface area contributed by atoms with Gasteiger partial charge in [-0.15, -0.1) is 0 Å². The van der Waals surface area contributed by atoms with Crippen molar-refractivity contribution in [3.05, 3.63) is 65.6 Å². The van der Waals surface area contributed by atoms with E-state index in [4.69, 9.17) is 4.74 Å². The molecular formula is C21H27N5O. The molecule has 0 fully saturated rings. The average molecular weight is 365 g/mol. The predicted octanol–water partition coefficient (Wildman–Crippen LogP) is 3.08. The summed E-state index contributed by atoms with van der Waals surface area (Å²) in [5.74, 6) is 1.61. The number of aromatic nitrogens is 2. The van der Waals surface area contributed by atoms with E-state index in [-0.39, 0.29) is 6.10 Å². The molecule has 6 nitrogen and oxygen atoms in total. The van der Waals surface area contributed by atoms with E-state index in [0.717, 1.165) is 28.7 Å². The molecule has 0 aliphatic carbocycles. The number of aliphatic imine (C=N–C) groups is 1. The average Bonchev–Trinajstić information content (AvgIpc) is 3.06. The molecule has 0 bridgehead atoms. The molecule has 142 valence electrons. The normalized spacial score (nSPS) is 12.8. The third-order valence-electron chi connectivity index (χ3n) is 4.29. The highest BCUT2D eigenvalue weighted by molar-refractivity contribution is 5.79. The van der Waals surface area contributed by atoms with Crippen LogP contribution in [0.25, 0.3) is 5.65 Å². The predicted molar refractivity (Wildman–Crippen MR) is 109 cm³/mol. The number of hydrogen-bond acceptors (Lipinski definition) is 3. The summed E-state index contributed by atoms with van der Waals surface area (Å²) in [5, 5.41) is 6.60. The lowest BCUT2D eigenvalue weighted by Crippen LogP contribution is -2.41. The summed E-state index contributed by atoms with van der Waals surface area (Å²) in [4.78, 5) is 8.90. The van der Waals surface area contributed by atoms with Gasteiger partial charge in [0.15, 0.2) is 5.96 Å². The summed E-state index contributed by atoms with van der Waals surface area (Å²) >= 11 is 0. The molecule has 1 aromatic carbocycles. The van der Waals surface area contributed by atoms with E-state index in [9.17, 15) is 0 Å². The van der Waals surface area contributed by atoms with Crippen molar-refractivity contribution in [3.8, 4) is 5.75 Å². The molecule has 27 heavy (non-hydrogen) atoms. The van der Waals surface area contributed by atoms with Crippen molar-refractivity contribution in [2.75, 3.05) is 13.6 Å². The van der Waals surface area contributed by atoms with Gasteiger partial charge in [-0.1, -0.05) is 18.2 Å². The maximum Gasteiger partial charge on any atom is 0.191 e. The number of ether oxygens (including phenoxy) is 1. The monoisotopic (exact) mass is 365 g/mol. The third kappa shape index (κ3) is 5.00. The summed E-state index contributed by atoms with van der Waals surface area (Å²) < 4.78 is 8.03. The van der Waals surface area contributed by atoms with Gasteiger partial charge in [0.2, 0.25) is 0 Å². The summed E-state index contributed by atoms with van der Waals surface area (Å²) in [5.41, 5.74) is 4.27. The highest BCUT2D eigenvalue weighted by atomic mass is 16.5. The Morgan fingerprint density at radius 1 is 1.19 bits per heavy atom. The summed E-state index contributed by atoms with van der Waals surface area (Å²) in [6.45, 7) is 7.42. The van der Waals surface area contributed by atoms with Crippen LogP contribution in [-0.4, -0.2) is 35.0 Å². The molecule has 3 aromatic rings. The van der Waals surface area contributed by atoms with Gasteiger partial charge in [0.25, 0.3) is 0 Å². The molecule has 2 N–H and O–H groups in total. The molecule has 6 heteroatoms. The Hall–Kier alpha value is -3.02. The molecule has 2 aromatic heterocycles. The SMILES string of the molecule is CN=C(NCc1cn2c(C)cccc2n1)NCC(C)Oc1cccc(C)c1. The minimum Gasteiger partial charge on any atom is -0.489 e. The van der Waals surface area contributed by atoms with Crippen LogP contribution in [0.2, 0.25) is 0 Å². The Morgan fingerprint density at radius 3 is 2.74 bits per heavy atom. The molecule has 0 spiro atoms. The van der Waals surface area contributed by atoms with Gasteiger partial charge in [0, 0.05) is 18.9 Å². The van der Waals surface area contributed by atoms with Gasteiger partial charge in [0.1, 0.15) is 17.5 Å². The minimum absolute atomic E-state index is 0.0168. The number of rotatable bonds is 6. The van der Waals surface area contributed by atoms with Crippen LogP contribution in [0.5, 0.6) is 5.75 Å². The minimum atomic E-state index is 0.0168. The van der Waals surface area contributed by atoms with Crippen LogP contribution in [0.15, 0.2) is 53.7 Å². The molecule has 0 saturated heterocycles. The van der Waals surface area contributed by atoms with Gasteiger partial charge in [-0.2, -0.15) is 0 Å². The van der Waals surface area contributed by atoms with Crippen LogP contribution in [0.1, 0.15) is 23.9 Å². The van der Waals surface area contributed by atoms with E-state index in [1.165, 1.54) is 5.56 Å². The van der Waals surface area contributed by atoms with Crippen molar-refractivity contribution in [3.63, 3.8) is 0 Å². The summed E-state index contributed by atoms with van der Waals surface area (Å²) in [6, 6.07) is 14.2. The zero-order chi connectivity index (χ0) is 19.2. The molecule has 0 aliphatic rings. The van der Waals surface area contributed by atoms with Gasteiger partial charge in [-0.25, -0.2) is 4.98 Å². The van der Waals surface area contributed by atoms with E-state index >= 15 is 0 Å². The van der Waals surface area contributed by atoms with Gasteiger partial charge < -0.3 is 19.8 Å². The Balaban J connectivity index is 1.50. The van der Waals surface area contributed by atoms with E-state index in [0.29, 0.717) is 13.1 Å². The number of fused-ring (bicyclic) bond motifs is 1. The van der Waals surface area contributed by atoms with Gasteiger partial charge in [-0.3, -0.25) is 4.99 Å². The lowest BCUT2D eigenvalue weighted by molar-refractivity contribution is 0.223. The zero-order valence-corrected chi connectivity index (χ0v) is 16.4. The quantitative estimate of drug-likeness (QED) is 0.520. The molecule has 0 radical (unpaired) electrons. The number of pyridine rings is 1. The van der Waals surface area contributed by atoms with E-state index in [2.05, 4.69) is 57.2 Å². The third-order valence-corrected chi connectivity index (χ3v) is 4.29. The zero-order valence-electron chi connectivity index (χ0n) is 16.4. The number of imidazole rings is 1. The van der Waals surface area contributed by atoms with Crippen molar-refractivity contribution in [2.24, 2.45) is 4.99 Å². The second kappa shape index (κ2) is 8.58. The van der Waals surface area contributed by atoms with E-state index in [1.54, 1.807) is 7.05 Å². The summed E-state index contributed by atoms with van der Waals surface area (Å²) in [7, 11) is 1.76. The largest absolute Gasteiger partial charge is 0.489 e. The van der Waals surface area contributed by atoms with Crippen molar-refractivity contribution in [1.82, 2.24) is 20.0 Å².